The van der Waals surface area contributed by atoms with Crippen LogP contribution in [0, 0.1) is 0 Å². The summed E-state index contributed by atoms with van der Waals surface area (Å²) < 4.78 is 43.6. The maximum Gasteiger partial charge on any atom is 0.416 e. The van der Waals surface area contributed by atoms with Gasteiger partial charge in [-0.05, 0) is 48.5 Å². The number of hydrogen-bond acceptors (Lipinski definition) is 5. The zero-order chi connectivity index (χ0) is 22.1. The monoisotopic (exact) mass is 439 g/mol. The Balaban J connectivity index is 1.34. The molecule has 0 spiro atoms. The van der Waals surface area contributed by atoms with Crippen molar-refractivity contribution < 1.29 is 17.9 Å². The summed E-state index contributed by atoms with van der Waals surface area (Å²) in [5.41, 5.74) is 2.97. The third-order valence-electron chi connectivity index (χ3n) is 5.41. The summed E-state index contributed by atoms with van der Waals surface area (Å²) in [6, 6.07) is 12.7. The van der Waals surface area contributed by atoms with Crippen LogP contribution in [0.2, 0.25) is 0 Å². The summed E-state index contributed by atoms with van der Waals surface area (Å²) in [5.74, 6) is 0.918. The van der Waals surface area contributed by atoms with Gasteiger partial charge in [0.05, 0.1) is 30.2 Å². The first-order valence-corrected chi connectivity index (χ1v) is 10.2. The number of alkyl halides is 3. The lowest BCUT2D eigenvalue weighted by Crippen LogP contribution is -2.36. The highest BCUT2D eigenvalue weighted by molar-refractivity contribution is 5.93. The third-order valence-corrected chi connectivity index (χ3v) is 5.41. The van der Waals surface area contributed by atoms with E-state index in [0.717, 1.165) is 53.4 Å². The zero-order valence-corrected chi connectivity index (χ0v) is 17.0. The van der Waals surface area contributed by atoms with Crippen molar-refractivity contribution in [1.29, 1.82) is 0 Å². The first kappa shape index (κ1) is 20.3. The van der Waals surface area contributed by atoms with Crippen molar-refractivity contribution in [3.05, 3.63) is 66.5 Å². The van der Waals surface area contributed by atoms with Gasteiger partial charge < -0.3 is 19.9 Å². The van der Waals surface area contributed by atoms with Gasteiger partial charge in [-0.2, -0.15) is 13.2 Å². The minimum absolute atomic E-state index is 0.561. The summed E-state index contributed by atoms with van der Waals surface area (Å²) in [4.78, 5) is 14.6. The Morgan fingerprint density at radius 1 is 0.969 bits per heavy atom. The van der Waals surface area contributed by atoms with E-state index in [9.17, 15) is 13.2 Å². The number of anilines is 3. The van der Waals surface area contributed by atoms with Gasteiger partial charge in [0.2, 0.25) is 0 Å². The number of hydrogen-bond donors (Lipinski definition) is 2. The van der Waals surface area contributed by atoms with E-state index in [2.05, 4.69) is 25.2 Å². The molecular formula is C23H20F3N5O. The predicted octanol–water partition coefficient (Wildman–Crippen LogP) is 5.22. The predicted molar refractivity (Wildman–Crippen MR) is 117 cm³/mol. The van der Waals surface area contributed by atoms with Crippen molar-refractivity contribution in [2.45, 2.75) is 6.18 Å². The normalized spacial score (nSPS) is 14.7. The summed E-state index contributed by atoms with van der Waals surface area (Å²) in [5, 5.41) is 3.98. The van der Waals surface area contributed by atoms with E-state index in [1.807, 2.05) is 30.5 Å². The molecule has 6 nitrogen and oxygen atoms in total. The van der Waals surface area contributed by atoms with Gasteiger partial charge in [-0.3, -0.25) is 0 Å². The maximum absolute atomic E-state index is 12.8. The number of aromatic amines is 1. The van der Waals surface area contributed by atoms with Crippen molar-refractivity contribution in [3.63, 3.8) is 0 Å². The van der Waals surface area contributed by atoms with Gasteiger partial charge in [0.15, 0.2) is 0 Å². The average Bonchev–Trinajstić information content (AvgIpc) is 3.21. The van der Waals surface area contributed by atoms with Crippen molar-refractivity contribution >= 4 is 28.2 Å². The van der Waals surface area contributed by atoms with Crippen LogP contribution in [0.25, 0.3) is 22.3 Å². The second kappa shape index (κ2) is 8.16. The van der Waals surface area contributed by atoms with E-state index < -0.39 is 11.7 Å². The van der Waals surface area contributed by atoms with E-state index in [1.165, 1.54) is 12.1 Å². The van der Waals surface area contributed by atoms with Crippen LogP contribution in [-0.2, 0) is 10.9 Å². The smallest absolute Gasteiger partial charge is 0.378 e. The average molecular weight is 439 g/mol. The Labute approximate surface area is 182 Å². The molecule has 0 atom stereocenters. The molecule has 1 aromatic carbocycles. The second-order valence-corrected chi connectivity index (χ2v) is 7.50. The topological polar surface area (TPSA) is 66.1 Å². The van der Waals surface area contributed by atoms with E-state index in [0.29, 0.717) is 24.5 Å². The van der Waals surface area contributed by atoms with Crippen LogP contribution in [0.4, 0.5) is 30.4 Å². The van der Waals surface area contributed by atoms with Gasteiger partial charge in [-0.15, -0.1) is 0 Å². The highest BCUT2D eigenvalue weighted by Gasteiger charge is 2.29. The third kappa shape index (κ3) is 4.11. The fourth-order valence-electron chi connectivity index (χ4n) is 3.68. The number of pyridine rings is 2. The summed E-state index contributed by atoms with van der Waals surface area (Å²) in [6.07, 6.45) is -0.795. The van der Waals surface area contributed by atoms with Gasteiger partial charge in [-0.1, -0.05) is 0 Å². The largest absolute Gasteiger partial charge is 0.416 e. The van der Waals surface area contributed by atoms with E-state index in [4.69, 9.17) is 4.74 Å². The van der Waals surface area contributed by atoms with Gasteiger partial charge in [0.1, 0.15) is 11.5 Å². The number of halogens is 3. The minimum atomic E-state index is -4.35. The molecule has 0 unspecified atom stereocenters. The standard InChI is InChI=1S/C23H20F3N5O/c24-23(25,26)16-2-4-17(5-3-16)29-20-14-28-22-18(20)6-7-19(30-22)15-1-8-21(27-13-15)31-9-11-32-12-10-31/h1-8,13-14,29H,9-12H2,(H,28,30). The number of rotatable bonds is 4. The second-order valence-electron chi connectivity index (χ2n) is 7.50. The molecule has 4 heterocycles. The van der Waals surface area contributed by atoms with Crippen LogP contribution in [-0.4, -0.2) is 41.3 Å². The molecule has 32 heavy (non-hydrogen) atoms. The number of ether oxygens (including phenoxy) is 1. The fourth-order valence-corrected chi connectivity index (χ4v) is 3.68. The number of nitrogens with zero attached hydrogens (tertiary/aromatic N) is 3. The highest BCUT2D eigenvalue weighted by Crippen LogP contribution is 2.32. The van der Waals surface area contributed by atoms with Crippen LogP contribution in [0.1, 0.15) is 5.56 Å². The van der Waals surface area contributed by atoms with Crippen LogP contribution in [0.3, 0.4) is 0 Å². The Morgan fingerprint density at radius 2 is 1.75 bits per heavy atom. The van der Waals surface area contributed by atoms with Crippen LogP contribution in [0.5, 0.6) is 0 Å². The van der Waals surface area contributed by atoms with E-state index in [1.54, 1.807) is 6.20 Å². The number of nitrogens with one attached hydrogen (secondary N) is 2. The Bertz CT molecular complexity index is 1210. The SMILES string of the molecule is FC(F)(F)c1ccc(Nc2c[nH]c3nc(-c4ccc(N5CCOCC5)nc4)ccc23)cc1. The minimum Gasteiger partial charge on any atom is -0.378 e. The molecule has 4 aromatic rings. The molecule has 0 radical (unpaired) electrons. The summed E-state index contributed by atoms with van der Waals surface area (Å²) >= 11 is 0. The molecule has 3 aromatic heterocycles. The number of H-pyrrole nitrogens is 1. The molecule has 1 saturated heterocycles. The first-order valence-electron chi connectivity index (χ1n) is 10.2. The van der Waals surface area contributed by atoms with E-state index in [-0.39, 0.29) is 0 Å². The van der Waals surface area contributed by atoms with Crippen molar-refractivity contribution in [3.8, 4) is 11.3 Å². The maximum atomic E-state index is 12.8. The van der Waals surface area contributed by atoms with Gasteiger partial charge in [0.25, 0.3) is 0 Å². The van der Waals surface area contributed by atoms with Gasteiger partial charge >= 0.3 is 6.18 Å². The van der Waals surface area contributed by atoms with Crippen molar-refractivity contribution in [2.75, 3.05) is 36.5 Å². The molecule has 1 aliphatic rings. The lowest BCUT2D eigenvalue weighted by Gasteiger charge is -2.27. The molecule has 0 amide bonds. The van der Waals surface area contributed by atoms with Gasteiger partial charge in [0, 0.05) is 42.1 Å². The molecule has 0 bridgehead atoms. The Hall–Kier alpha value is -3.59. The van der Waals surface area contributed by atoms with Crippen LogP contribution in [0.15, 0.2) is 60.9 Å². The number of morpholine rings is 1. The van der Waals surface area contributed by atoms with Gasteiger partial charge in [-0.25, -0.2) is 9.97 Å². The highest BCUT2D eigenvalue weighted by atomic mass is 19.4. The molecule has 164 valence electrons. The van der Waals surface area contributed by atoms with E-state index >= 15 is 0 Å². The molecule has 0 aliphatic carbocycles. The number of fused-ring (bicyclic) bond motifs is 1. The summed E-state index contributed by atoms with van der Waals surface area (Å²) in [6.45, 7) is 3.07. The van der Waals surface area contributed by atoms with Crippen molar-refractivity contribution in [2.24, 2.45) is 0 Å². The molecule has 1 fully saturated rings. The molecule has 1 aliphatic heterocycles. The lowest BCUT2D eigenvalue weighted by atomic mass is 10.1. The van der Waals surface area contributed by atoms with Crippen LogP contribution >= 0.6 is 0 Å². The summed E-state index contributed by atoms with van der Waals surface area (Å²) in [7, 11) is 0. The molecule has 2 N–H and O–H groups in total. The number of benzene rings is 1. The van der Waals surface area contributed by atoms with Crippen molar-refractivity contribution in [1.82, 2.24) is 15.0 Å². The molecular weight excluding hydrogens is 419 g/mol. The fraction of sp³-hybridized carbons (Fsp3) is 0.217. The zero-order valence-electron chi connectivity index (χ0n) is 17.0. The Morgan fingerprint density at radius 3 is 2.44 bits per heavy atom. The molecule has 5 rings (SSSR count). The molecule has 0 saturated carbocycles. The lowest BCUT2D eigenvalue weighted by molar-refractivity contribution is -0.137. The Kier molecular flexibility index (Phi) is 5.18. The van der Waals surface area contributed by atoms with Crippen LogP contribution < -0.4 is 10.2 Å². The molecule has 9 heteroatoms. The number of aromatic nitrogens is 3. The quantitative estimate of drug-likeness (QED) is 0.456. The first-order chi connectivity index (χ1) is 15.5.